The van der Waals surface area contributed by atoms with E-state index in [0.717, 1.165) is 22.9 Å². The van der Waals surface area contributed by atoms with Crippen molar-refractivity contribution in [3.05, 3.63) is 40.4 Å². The Labute approximate surface area is 138 Å². The standard InChI is InChI=1S/C17H17ClN2OS/c18-13-3-1-2-12(8-13)17-20-15(9-22-17)16(21)19-14-7-10-4-5-11(14)6-10/h1-3,8-11,14H,4-7H2,(H,19,21)/t10-,11+,14-/m1/s1. The lowest BCUT2D eigenvalue weighted by Gasteiger charge is -2.22. The number of amides is 1. The number of carbonyl (C=O) groups is 1. The maximum absolute atomic E-state index is 12.4. The highest BCUT2D eigenvalue weighted by Crippen LogP contribution is 2.44. The van der Waals surface area contributed by atoms with E-state index in [1.165, 1.54) is 30.6 Å². The molecule has 0 aliphatic heterocycles. The molecule has 2 aromatic rings. The molecule has 4 rings (SSSR count). The van der Waals surface area contributed by atoms with Gasteiger partial charge in [0, 0.05) is 22.0 Å². The summed E-state index contributed by atoms with van der Waals surface area (Å²) in [6.45, 7) is 0. The second-order valence-electron chi connectivity index (χ2n) is 6.30. The smallest absolute Gasteiger partial charge is 0.271 e. The molecule has 0 spiro atoms. The molecule has 2 saturated carbocycles. The fourth-order valence-electron chi connectivity index (χ4n) is 3.80. The molecule has 2 aliphatic rings. The average molecular weight is 333 g/mol. The van der Waals surface area contributed by atoms with Gasteiger partial charge in [-0.25, -0.2) is 4.98 Å². The van der Waals surface area contributed by atoms with Crippen LogP contribution in [-0.2, 0) is 0 Å². The number of halogens is 1. The summed E-state index contributed by atoms with van der Waals surface area (Å²) in [5.74, 6) is 1.47. The summed E-state index contributed by atoms with van der Waals surface area (Å²) < 4.78 is 0. The van der Waals surface area contributed by atoms with Crippen LogP contribution in [0.4, 0.5) is 0 Å². The molecule has 0 saturated heterocycles. The van der Waals surface area contributed by atoms with Gasteiger partial charge >= 0.3 is 0 Å². The third-order valence-corrected chi connectivity index (χ3v) is 5.99. The largest absolute Gasteiger partial charge is 0.348 e. The Morgan fingerprint density at radius 2 is 2.23 bits per heavy atom. The van der Waals surface area contributed by atoms with Gasteiger partial charge in [-0.3, -0.25) is 4.79 Å². The van der Waals surface area contributed by atoms with E-state index in [2.05, 4.69) is 10.3 Å². The normalized spacial score (nSPS) is 26.3. The number of carbonyl (C=O) groups excluding carboxylic acids is 1. The van der Waals surface area contributed by atoms with Gasteiger partial charge in [0.1, 0.15) is 10.7 Å². The fraction of sp³-hybridized carbons (Fsp3) is 0.412. The molecule has 0 radical (unpaired) electrons. The van der Waals surface area contributed by atoms with Gasteiger partial charge in [-0.1, -0.05) is 30.2 Å². The quantitative estimate of drug-likeness (QED) is 0.906. The number of aromatic nitrogens is 1. The fourth-order valence-corrected chi connectivity index (χ4v) is 4.78. The van der Waals surface area contributed by atoms with Crippen molar-refractivity contribution in [1.29, 1.82) is 0 Å². The molecule has 2 bridgehead atoms. The first-order valence-electron chi connectivity index (χ1n) is 7.71. The molecule has 1 aromatic carbocycles. The Hall–Kier alpha value is -1.39. The monoisotopic (exact) mass is 332 g/mol. The van der Waals surface area contributed by atoms with Gasteiger partial charge < -0.3 is 5.32 Å². The number of fused-ring (bicyclic) bond motifs is 2. The van der Waals surface area contributed by atoms with E-state index in [-0.39, 0.29) is 5.91 Å². The van der Waals surface area contributed by atoms with Crippen molar-refractivity contribution < 1.29 is 4.79 Å². The zero-order valence-corrected chi connectivity index (χ0v) is 13.7. The highest BCUT2D eigenvalue weighted by atomic mass is 35.5. The van der Waals surface area contributed by atoms with Gasteiger partial charge in [-0.15, -0.1) is 11.3 Å². The highest BCUT2D eigenvalue weighted by molar-refractivity contribution is 7.13. The number of benzene rings is 1. The van der Waals surface area contributed by atoms with Crippen LogP contribution in [0.15, 0.2) is 29.6 Å². The van der Waals surface area contributed by atoms with E-state index < -0.39 is 0 Å². The topological polar surface area (TPSA) is 42.0 Å². The number of thiazole rings is 1. The van der Waals surface area contributed by atoms with E-state index in [1.54, 1.807) is 0 Å². The van der Waals surface area contributed by atoms with Crippen LogP contribution in [0.3, 0.4) is 0 Å². The molecule has 0 unspecified atom stereocenters. The van der Waals surface area contributed by atoms with E-state index in [0.29, 0.717) is 22.7 Å². The minimum atomic E-state index is -0.0397. The second-order valence-corrected chi connectivity index (χ2v) is 7.60. The molecule has 2 aliphatic carbocycles. The lowest BCUT2D eigenvalue weighted by atomic mass is 9.95. The van der Waals surface area contributed by atoms with Gasteiger partial charge in [0.15, 0.2) is 0 Å². The van der Waals surface area contributed by atoms with Crippen molar-refractivity contribution in [1.82, 2.24) is 10.3 Å². The average Bonchev–Trinajstić information content (AvgIpc) is 3.23. The molecule has 1 amide bonds. The summed E-state index contributed by atoms with van der Waals surface area (Å²) in [5.41, 5.74) is 1.47. The summed E-state index contributed by atoms with van der Waals surface area (Å²) in [6, 6.07) is 7.91. The summed E-state index contributed by atoms with van der Waals surface area (Å²) >= 11 is 7.49. The Kier molecular flexibility index (Phi) is 3.66. The number of hydrogen-bond acceptors (Lipinski definition) is 3. The van der Waals surface area contributed by atoms with E-state index in [1.807, 2.05) is 29.6 Å². The van der Waals surface area contributed by atoms with Crippen LogP contribution in [-0.4, -0.2) is 16.9 Å². The van der Waals surface area contributed by atoms with Crippen molar-refractivity contribution in [3.8, 4) is 10.6 Å². The second kappa shape index (κ2) is 5.67. The SMILES string of the molecule is O=C(N[C@@H]1C[C@@H]2CC[C@H]1C2)c1csc(-c2cccc(Cl)c2)n1. The molecule has 1 aromatic heterocycles. The molecular weight excluding hydrogens is 316 g/mol. The molecule has 1 N–H and O–H groups in total. The molecule has 3 atom stereocenters. The first kappa shape index (κ1) is 14.2. The summed E-state index contributed by atoms with van der Waals surface area (Å²) in [5, 5.41) is 6.53. The van der Waals surface area contributed by atoms with E-state index in [4.69, 9.17) is 11.6 Å². The van der Waals surface area contributed by atoms with Crippen molar-refractivity contribution in [3.63, 3.8) is 0 Å². The predicted octanol–water partition coefficient (Wildman–Crippen LogP) is 4.38. The Morgan fingerprint density at radius 3 is 2.95 bits per heavy atom. The predicted molar refractivity (Wildman–Crippen MR) is 89.3 cm³/mol. The third-order valence-electron chi connectivity index (χ3n) is 4.86. The van der Waals surface area contributed by atoms with E-state index >= 15 is 0 Å². The van der Waals surface area contributed by atoms with E-state index in [9.17, 15) is 4.79 Å². The number of nitrogens with zero attached hydrogens (tertiary/aromatic N) is 1. The molecule has 3 nitrogen and oxygen atoms in total. The number of hydrogen-bond donors (Lipinski definition) is 1. The Balaban J connectivity index is 1.48. The molecule has 22 heavy (non-hydrogen) atoms. The maximum atomic E-state index is 12.4. The highest BCUT2D eigenvalue weighted by Gasteiger charge is 2.40. The van der Waals surface area contributed by atoms with Crippen LogP contribution >= 0.6 is 22.9 Å². The van der Waals surface area contributed by atoms with Crippen LogP contribution in [0.1, 0.15) is 36.2 Å². The van der Waals surface area contributed by atoms with Crippen molar-refractivity contribution in [2.24, 2.45) is 11.8 Å². The zero-order valence-electron chi connectivity index (χ0n) is 12.1. The van der Waals surface area contributed by atoms with Crippen molar-refractivity contribution >= 4 is 28.8 Å². The zero-order chi connectivity index (χ0) is 15.1. The minimum Gasteiger partial charge on any atom is -0.348 e. The molecular formula is C17H17ClN2OS. The summed E-state index contributed by atoms with van der Waals surface area (Å²) in [7, 11) is 0. The molecule has 1 heterocycles. The van der Waals surface area contributed by atoms with Crippen molar-refractivity contribution in [2.45, 2.75) is 31.7 Å². The minimum absolute atomic E-state index is 0.0397. The molecule has 5 heteroatoms. The van der Waals surface area contributed by atoms with Crippen LogP contribution in [0, 0.1) is 11.8 Å². The van der Waals surface area contributed by atoms with Gasteiger partial charge in [-0.2, -0.15) is 0 Å². The van der Waals surface area contributed by atoms with Crippen molar-refractivity contribution in [2.75, 3.05) is 0 Å². The summed E-state index contributed by atoms with van der Waals surface area (Å²) in [6.07, 6.45) is 5.03. The maximum Gasteiger partial charge on any atom is 0.271 e. The Bertz CT molecular complexity index is 714. The first-order chi connectivity index (χ1) is 10.7. The Morgan fingerprint density at radius 1 is 1.32 bits per heavy atom. The first-order valence-corrected chi connectivity index (χ1v) is 8.97. The lowest BCUT2D eigenvalue weighted by Crippen LogP contribution is -2.38. The molecule has 114 valence electrons. The number of nitrogens with one attached hydrogen (secondary N) is 1. The van der Waals surface area contributed by atoms with Gasteiger partial charge in [0.2, 0.25) is 0 Å². The van der Waals surface area contributed by atoms with Crippen LogP contribution in [0.2, 0.25) is 5.02 Å². The van der Waals surface area contributed by atoms with Crippen LogP contribution < -0.4 is 5.32 Å². The van der Waals surface area contributed by atoms with Crippen LogP contribution in [0.25, 0.3) is 10.6 Å². The molecule has 2 fully saturated rings. The van der Waals surface area contributed by atoms with Gasteiger partial charge in [0.05, 0.1) is 0 Å². The summed E-state index contributed by atoms with van der Waals surface area (Å²) in [4.78, 5) is 16.9. The van der Waals surface area contributed by atoms with Gasteiger partial charge in [0.25, 0.3) is 5.91 Å². The van der Waals surface area contributed by atoms with Gasteiger partial charge in [-0.05, 0) is 43.2 Å². The van der Waals surface area contributed by atoms with Crippen LogP contribution in [0.5, 0.6) is 0 Å². The third kappa shape index (κ3) is 2.66. The number of rotatable bonds is 3. The lowest BCUT2D eigenvalue weighted by molar-refractivity contribution is 0.0918.